The number of benzene rings is 1. The molecule has 0 spiro atoms. The number of nitrogens with zero attached hydrogens (tertiary/aromatic N) is 1. The van der Waals surface area contributed by atoms with Crippen LogP contribution < -0.4 is 9.47 Å². The number of aliphatic carboxylic acids is 1. The van der Waals surface area contributed by atoms with E-state index in [1.54, 1.807) is 0 Å². The number of ether oxygens (including phenoxy) is 2. The highest BCUT2D eigenvalue weighted by molar-refractivity contribution is 5.69. The number of carbonyl (C=O) groups is 1. The van der Waals surface area contributed by atoms with E-state index in [-0.39, 0.29) is 12.2 Å². The molecule has 1 atom stereocenters. The second kappa shape index (κ2) is 10.3. The maximum absolute atomic E-state index is 10.9. The maximum Gasteiger partial charge on any atom is 0.341 e. The van der Waals surface area contributed by atoms with Crippen molar-refractivity contribution in [1.82, 2.24) is 0 Å². The van der Waals surface area contributed by atoms with Gasteiger partial charge >= 0.3 is 5.97 Å². The van der Waals surface area contributed by atoms with Crippen molar-refractivity contribution in [2.24, 2.45) is 0 Å². The Labute approximate surface area is 174 Å². The van der Waals surface area contributed by atoms with Gasteiger partial charge in [0.15, 0.2) is 6.61 Å². The van der Waals surface area contributed by atoms with E-state index in [0.29, 0.717) is 12.2 Å². The van der Waals surface area contributed by atoms with Gasteiger partial charge in [-0.1, -0.05) is 18.9 Å². The normalized spacial score (nSPS) is 18.2. The highest BCUT2D eigenvalue weighted by Crippen LogP contribution is 2.44. The number of hydrogen-bond acceptors (Lipinski definition) is 4. The van der Waals surface area contributed by atoms with Crippen molar-refractivity contribution in [3.05, 3.63) is 34.4 Å². The van der Waals surface area contributed by atoms with Gasteiger partial charge in [0.1, 0.15) is 17.1 Å². The fraction of sp³-hybridized carbons (Fsp3) is 0.583. The third-order valence-electron chi connectivity index (χ3n) is 5.74. The first kappa shape index (κ1) is 22.8. The Bertz CT molecular complexity index is 806. The Morgan fingerprint density at radius 1 is 1.21 bits per heavy atom. The topological polar surface area (TPSA) is 79.5 Å². The first-order valence-electron chi connectivity index (χ1n) is 10.5. The van der Waals surface area contributed by atoms with Crippen LogP contribution in [0.4, 0.5) is 0 Å². The molecule has 0 aliphatic carbocycles. The van der Waals surface area contributed by atoms with Gasteiger partial charge in [-0.25, -0.2) is 4.79 Å². The van der Waals surface area contributed by atoms with Gasteiger partial charge in [-0.15, -0.1) is 0 Å². The van der Waals surface area contributed by atoms with Crippen LogP contribution in [0.1, 0.15) is 74.1 Å². The third-order valence-corrected chi connectivity index (χ3v) is 5.74. The molecule has 1 heterocycles. The molecule has 0 fully saturated rings. The Kier molecular flexibility index (Phi) is 8.13. The summed E-state index contributed by atoms with van der Waals surface area (Å²) in [6, 6.07) is 2.19. The average Bonchev–Trinajstić information content (AvgIpc) is 2.68. The van der Waals surface area contributed by atoms with E-state index in [9.17, 15) is 4.79 Å². The first-order chi connectivity index (χ1) is 13.8. The lowest BCUT2D eigenvalue weighted by atomic mass is 9.86. The van der Waals surface area contributed by atoms with E-state index in [1.807, 2.05) is 20.8 Å². The van der Waals surface area contributed by atoms with E-state index in [1.165, 1.54) is 0 Å². The molecule has 0 bridgehead atoms. The van der Waals surface area contributed by atoms with Gasteiger partial charge in [-0.2, -0.15) is 5.26 Å². The molecule has 0 amide bonds. The highest BCUT2D eigenvalue weighted by atomic mass is 16.5. The molecule has 2 rings (SSSR count). The van der Waals surface area contributed by atoms with Crippen LogP contribution in [0.5, 0.6) is 11.5 Å². The maximum atomic E-state index is 10.9. The summed E-state index contributed by atoms with van der Waals surface area (Å²) in [6.45, 7) is 7.74. The van der Waals surface area contributed by atoms with Crippen LogP contribution in [0.15, 0.2) is 12.2 Å². The molecule has 0 saturated heterocycles. The number of carboxylic acid groups (broad SMARTS) is 1. The van der Waals surface area contributed by atoms with E-state index in [2.05, 4.69) is 25.1 Å². The number of rotatable bonds is 10. The first-order valence-corrected chi connectivity index (χ1v) is 10.5. The zero-order valence-electron chi connectivity index (χ0n) is 18.1. The highest BCUT2D eigenvalue weighted by Gasteiger charge is 2.32. The van der Waals surface area contributed by atoms with Crippen molar-refractivity contribution in [2.45, 2.75) is 84.7 Å². The van der Waals surface area contributed by atoms with Gasteiger partial charge < -0.3 is 14.6 Å². The molecule has 29 heavy (non-hydrogen) atoms. The summed E-state index contributed by atoms with van der Waals surface area (Å²) >= 11 is 0. The van der Waals surface area contributed by atoms with Crippen LogP contribution in [0.2, 0.25) is 0 Å². The molecule has 0 radical (unpaired) electrons. The minimum atomic E-state index is -0.974. The summed E-state index contributed by atoms with van der Waals surface area (Å²) in [7, 11) is 0. The van der Waals surface area contributed by atoms with Crippen molar-refractivity contribution in [3.8, 4) is 17.6 Å². The number of fused-ring (bicyclic) bond motifs is 1. The van der Waals surface area contributed by atoms with Gasteiger partial charge in [0.05, 0.1) is 6.07 Å². The minimum absolute atomic E-state index is 0.332. The van der Waals surface area contributed by atoms with Gasteiger partial charge in [0, 0.05) is 12.0 Å². The van der Waals surface area contributed by atoms with Crippen LogP contribution in [0.25, 0.3) is 0 Å². The molecule has 5 heteroatoms. The molecule has 1 aliphatic heterocycles. The molecular weight excluding hydrogens is 366 g/mol. The molecular formula is C24H33NO4. The molecule has 5 nitrogen and oxygen atoms in total. The van der Waals surface area contributed by atoms with Crippen molar-refractivity contribution in [2.75, 3.05) is 6.61 Å². The summed E-state index contributed by atoms with van der Waals surface area (Å²) < 4.78 is 12.0. The number of nitriles is 1. The van der Waals surface area contributed by atoms with Gasteiger partial charge in [0.2, 0.25) is 0 Å². The Balaban J connectivity index is 2.05. The van der Waals surface area contributed by atoms with Crippen molar-refractivity contribution in [1.29, 1.82) is 5.26 Å². The van der Waals surface area contributed by atoms with Gasteiger partial charge in [-0.3, -0.25) is 0 Å². The molecule has 1 N–H and O–H groups in total. The standard InChI is InChI=1S/C24H33NO4/c1-17-18(2)23-20(19(3)22(17)28-16-21(26)27)12-14-24(4,29-23)13-10-8-6-5-7-9-11-15-25/h10,13H,5-9,11-12,14,16H2,1-4H3,(H,26,27). The predicted octanol–water partition coefficient (Wildman–Crippen LogP) is 5.58. The molecule has 0 aromatic heterocycles. The van der Waals surface area contributed by atoms with E-state index < -0.39 is 5.97 Å². The average molecular weight is 400 g/mol. The SMILES string of the molecule is Cc1c(C)c2c(c(C)c1OCC(=O)O)CCC(C)(C=CCCCCCCC#N)O2. The fourth-order valence-electron chi connectivity index (χ4n) is 3.87. The lowest BCUT2D eigenvalue weighted by molar-refractivity contribution is -0.139. The molecule has 158 valence electrons. The molecule has 0 saturated carbocycles. The molecule has 1 aromatic rings. The zero-order chi connectivity index (χ0) is 21.4. The van der Waals surface area contributed by atoms with E-state index in [0.717, 1.165) is 72.9 Å². The largest absolute Gasteiger partial charge is 0.483 e. The van der Waals surface area contributed by atoms with Crippen LogP contribution >= 0.6 is 0 Å². The Morgan fingerprint density at radius 3 is 2.62 bits per heavy atom. The van der Waals surface area contributed by atoms with Gasteiger partial charge in [0.25, 0.3) is 0 Å². The zero-order valence-corrected chi connectivity index (χ0v) is 18.1. The smallest absolute Gasteiger partial charge is 0.341 e. The van der Waals surface area contributed by atoms with E-state index in [4.69, 9.17) is 19.8 Å². The molecule has 1 unspecified atom stereocenters. The van der Waals surface area contributed by atoms with Crippen LogP contribution in [-0.4, -0.2) is 23.3 Å². The minimum Gasteiger partial charge on any atom is -0.483 e. The number of unbranched alkanes of at least 4 members (excludes halogenated alkanes) is 5. The summed E-state index contributed by atoms with van der Waals surface area (Å²) in [4.78, 5) is 10.9. The van der Waals surface area contributed by atoms with Crippen LogP contribution in [0, 0.1) is 32.1 Å². The quantitative estimate of drug-likeness (QED) is 0.410. The lowest BCUT2D eigenvalue weighted by Crippen LogP contribution is -2.35. The summed E-state index contributed by atoms with van der Waals surface area (Å²) in [5, 5.41) is 17.5. The number of hydrogen-bond donors (Lipinski definition) is 1. The predicted molar refractivity (Wildman–Crippen MR) is 114 cm³/mol. The van der Waals surface area contributed by atoms with Crippen molar-refractivity contribution < 1.29 is 19.4 Å². The number of allylic oxidation sites excluding steroid dienone is 1. The summed E-state index contributed by atoms with van der Waals surface area (Å²) in [6.07, 6.45) is 12.2. The van der Waals surface area contributed by atoms with Crippen LogP contribution in [-0.2, 0) is 11.2 Å². The lowest BCUT2D eigenvalue weighted by Gasteiger charge is -2.36. The number of carboxylic acids is 1. The van der Waals surface area contributed by atoms with Crippen LogP contribution in [0.3, 0.4) is 0 Å². The summed E-state index contributed by atoms with van der Waals surface area (Å²) in [5.41, 5.74) is 3.72. The summed E-state index contributed by atoms with van der Waals surface area (Å²) in [5.74, 6) is 0.610. The fourth-order valence-corrected chi connectivity index (χ4v) is 3.87. The van der Waals surface area contributed by atoms with Gasteiger partial charge in [-0.05, 0) is 82.6 Å². The second-order valence-corrected chi connectivity index (χ2v) is 8.12. The van der Waals surface area contributed by atoms with E-state index >= 15 is 0 Å². The second-order valence-electron chi connectivity index (χ2n) is 8.12. The molecule has 1 aliphatic rings. The monoisotopic (exact) mass is 399 g/mol. The van der Waals surface area contributed by atoms with Crippen molar-refractivity contribution in [3.63, 3.8) is 0 Å². The Hall–Kier alpha value is -2.48. The van der Waals surface area contributed by atoms with Crippen molar-refractivity contribution >= 4 is 5.97 Å². The third kappa shape index (κ3) is 6.00. The molecule has 1 aromatic carbocycles. The Morgan fingerprint density at radius 2 is 1.93 bits per heavy atom.